The minimum atomic E-state index is -3.58. The number of carbonyl (C=O) groups excluding carboxylic acids is 2. The number of likely N-dealkylation sites (tertiary alicyclic amines) is 1. The van der Waals surface area contributed by atoms with E-state index in [1.807, 2.05) is 6.92 Å². The molecule has 1 saturated heterocycles. The summed E-state index contributed by atoms with van der Waals surface area (Å²) in [6.45, 7) is 2.42. The third kappa shape index (κ3) is 3.61. The lowest BCUT2D eigenvalue weighted by Crippen LogP contribution is -2.43. The van der Waals surface area contributed by atoms with Gasteiger partial charge in [-0.1, -0.05) is 6.07 Å². The Kier molecular flexibility index (Phi) is 5.07. The number of hydrogen-bond donors (Lipinski definition) is 1. The Morgan fingerprint density at radius 2 is 1.88 bits per heavy atom. The van der Waals surface area contributed by atoms with Crippen LogP contribution in [0.5, 0.6) is 0 Å². The zero-order valence-electron chi connectivity index (χ0n) is 15.4. The molecule has 1 heterocycles. The summed E-state index contributed by atoms with van der Waals surface area (Å²) < 4.78 is 25.8. The molecule has 0 bridgehead atoms. The van der Waals surface area contributed by atoms with Gasteiger partial charge in [0.1, 0.15) is 6.04 Å². The van der Waals surface area contributed by atoms with E-state index in [1.54, 1.807) is 11.0 Å². The van der Waals surface area contributed by atoms with E-state index in [0.717, 1.165) is 29.1 Å². The molecule has 1 N–H and O–H groups in total. The van der Waals surface area contributed by atoms with Crippen molar-refractivity contribution in [3.8, 4) is 0 Å². The number of nitrogens with zero attached hydrogens (tertiary/aromatic N) is 2. The molecule has 2 fully saturated rings. The summed E-state index contributed by atoms with van der Waals surface area (Å²) in [5.41, 5.74) is 1.23. The van der Waals surface area contributed by atoms with Crippen LogP contribution in [0.25, 0.3) is 0 Å². The highest BCUT2D eigenvalue weighted by Crippen LogP contribution is 2.34. The second-order valence-corrected chi connectivity index (χ2v) is 9.37. The van der Waals surface area contributed by atoms with Crippen LogP contribution in [0.1, 0.15) is 31.2 Å². The van der Waals surface area contributed by atoms with Crippen molar-refractivity contribution < 1.29 is 18.0 Å². The Morgan fingerprint density at radius 1 is 1.19 bits per heavy atom. The third-order valence-electron chi connectivity index (χ3n) is 5.01. The Bertz CT molecular complexity index is 831. The molecule has 1 saturated carbocycles. The fourth-order valence-electron chi connectivity index (χ4n) is 3.19. The van der Waals surface area contributed by atoms with Crippen molar-refractivity contribution in [3.05, 3.63) is 23.8 Å². The van der Waals surface area contributed by atoms with Gasteiger partial charge in [-0.2, -0.15) is 0 Å². The number of aryl methyl sites for hydroxylation is 1. The largest absolute Gasteiger partial charge is 0.330 e. The van der Waals surface area contributed by atoms with Gasteiger partial charge in [0.15, 0.2) is 0 Å². The SMILES string of the molecule is Cc1ccc(S(=O)(=O)N(C)C)cc1NC(=O)C1CCCN1C(=O)C1CC1. The molecule has 142 valence electrons. The predicted octanol–water partition coefficient (Wildman–Crippen LogP) is 1.58. The Balaban J connectivity index is 1.79. The van der Waals surface area contributed by atoms with Gasteiger partial charge in [0.2, 0.25) is 21.8 Å². The van der Waals surface area contributed by atoms with E-state index in [-0.39, 0.29) is 22.6 Å². The van der Waals surface area contributed by atoms with Gasteiger partial charge < -0.3 is 10.2 Å². The first-order valence-corrected chi connectivity index (χ1v) is 10.3. The van der Waals surface area contributed by atoms with Crippen LogP contribution in [0.3, 0.4) is 0 Å². The highest BCUT2D eigenvalue weighted by Gasteiger charge is 2.40. The Hall–Kier alpha value is -1.93. The fourth-order valence-corrected chi connectivity index (χ4v) is 4.12. The Morgan fingerprint density at radius 3 is 2.50 bits per heavy atom. The summed E-state index contributed by atoms with van der Waals surface area (Å²) in [4.78, 5) is 26.9. The number of rotatable bonds is 5. The van der Waals surface area contributed by atoms with E-state index in [1.165, 1.54) is 26.2 Å². The van der Waals surface area contributed by atoms with Gasteiger partial charge in [-0.3, -0.25) is 9.59 Å². The molecule has 0 aromatic heterocycles. The maximum absolute atomic E-state index is 12.8. The maximum Gasteiger partial charge on any atom is 0.247 e. The van der Waals surface area contributed by atoms with Crippen LogP contribution in [0, 0.1) is 12.8 Å². The number of hydrogen-bond acceptors (Lipinski definition) is 4. The lowest BCUT2D eigenvalue weighted by Gasteiger charge is -2.24. The van der Waals surface area contributed by atoms with Crippen molar-refractivity contribution in [3.63, 3.8) is 0 Å². The molecule has 3 rings (SSSR count). The monoisotopic (exact) mass is 379 g/mol. The summed E-state index contributed by atoms with van der Waals surface area (Å²) in [5, 5.41) is 2.83. The van der Waals surface area contributed by atoms with Gasteiger partial charge in [-0.15, -0.1) is 0 Å². The summed E-state index contributed by atoms with van der Waals surface area (Å²) >= 11 is 0. The summed E-state index contributed by atoms with van der Waals surface area (Å²) in [7, 11) is -0.649. The maximum atomic E-state index is 12.8. The van der Waals surface area contributed by atoms with Gasteiger partial charge in [0.05, 0.1) is 4.90 Å². The van der Waals surface area contributed by atoms with E-state index in [0.29, 0.717) is 18.7 Å². The van der Waals surface area contributed by atoms with E-state index in [9.17, 15) is 18.0 Å². The van der Waals surface area contributed by atoms with Gasteiger partial charge in [-0.05, 0) is 50.3 Å². The summed E-state index contributed by atoms with van der Waals surface area (Å²) in [6.07, 6.45) is 3.27. The minimum absolute atomic E-state index is 0.0725. The second-order valence-electron chi connectivity index (χ2n) is 7.22. The number of amides is 2. The molecular weight excluding hydrogens is 354 g/mol. The molecule has 2 aliphatic rings. The standard InChI is InChI=1S/C18H25N3O4S/c1-12-6-9-14(26(24,25)20(2)3)11-15(12)19-17(22)16-5-4-10-21(16)18(23)13-7-8-13/h6,9,11,13,16H,4-5,7-8,10H2,1-3H3,(H,19,22). The number of benzene rings is 1. The molecule has 1 aromatic carbocycles. The molecule has 8 heteroatoms. The molecule has 1 aliphatic carbocycles. The molecule has 0 radical (unpaired) electrons. The summed E-state index contributed by atoms with van der Waals surface area (Å²) in [5.74, 6) is -0.0963. The van der Waals surface area contributed by atoms with E-state index >= 15 is 0 Å². The van der Waals surface area contributed by atoms with Crippen molar-refractivity contribution in [1.82, 2.24) is 9.21 Å². The van der Waals surface area contributed by atoms with Crippen molar-refractivity contribution in [2.24, 2.45) is 5.92 Å². The van der Waals surface area contributed by atoms with Crippen molar-refractivity contribution >= 4 is 27.5 Å². The summed E-state index contributed by atoms with van der Waals surface area (Å²) in [6, 6.07) is 4.20. The smallest absolute Gasteiger partial charge is 0.247 e. The van der Waals surface area contributed by atoms with Crippen LogP contribution in [0.15, 0.2) is 23.1 Å². The van der Waals surface area contributed by atoms with Crippen LogP contribution in [0.4, 0.5) is 5.69 Å². The van der Waals surface area contributed by atoms with E-state index in [4.69, 9.17) is 0 Å². The third-order valence-corrected chi connectivity index (χ3v) is 6.82. The first-order chi connectivity index (χ1) is 12.2. The zero-order chi connectivity index (χ0) is 19.1. The van der Waals surface area contributed by atoms with Crippen LogP contribution < -0.4 is 5.32 Å². The minimum Gasteiger partial charge on any atom is -0.330 e. The van der Waals surface area contributed by atoms with Gasteiger partial charge >= 0.3 is 0 Å². The average Bonchev–Trinajstić information content (AvgIpc) is 3.32. The lowest BCUT2D eigenvalue weighted by atomic mass is 10.1. The first-order valence-electron chi connectivity index (χ1n) is 8.86. The fraction of sp³-hybridized carbons (Fsp3) is 0.556. The van der Waals surface area contributed by atoms with E-state index in [2.05, 4.69) is 5.32 Å². The molecule has 1 unspecified atom stereocenters. The quantitative estimate of drug-likeness (QED) is 0.842. The van der Waals surface area contributed by atoms with Crippen molar-refractivity contribution in [2.45, 2.75) is 43.5 Å². The number of carbonyl (C=O) groups is 2. The zero-order valence-corrected chi connectivity index (χ0v) is 16.2. The average molecular weight is 379 g/mol. The second kappa shape index (κ2) is 7.00. The first kappa shape index (κ1) is 18.8. The van der Waals surface area contributed by atoms with Crippen LogP contribution in [0.2, 0.25) is 0 Å². The molecular formula is C18H25N3O4S. The van der Waals surface area contributed by atoms with Crippen LogP contribution in [-0.4, -0.2) is 56.1 Å². The lowest BCUT2D eigenvalue weighted by molar-refractivity contribution is -0.137. The number of anilines is 1. The van der Waals surface area contributed by atoms with Crippen molar-refractivity contribution in [2.75, 3.05) is 26.0 Å². The topological polar surface area (TPSA) is 86.8 Å². The Labute approximate surface area is 154 Å². The van der Waals surface area contributed by atoms with Gasteiger partial charge in [0.25, 0.3) is 0 Å². The van der Waals surface area contributed by atoms with Crippen LogP contribution in [-0.2, 0) is 19.6 Å². The molecule has 1 atom stereocenters. The number of sulfonamides is 1. The molecule has 26 heavy (non-hydrogen) atoms. The predicted molar refractivity (Wildman–Crippen MR) is 98.1 cm³/mol. The number of nitrogens with one attached hydrogen (secondary N) is 1. The highest BCUT2D eigenvalue weighted by molar-refractivity contribution is 7.89. The van der Waals surface area contributed by atoms with E-state index < -0.39 is 16.1 Å². The van der Waals surface area contributed by atoms with Gasteiger partial charge in [0, 0.05) is 32.2 Å². The molecule has 0 spiro atoms. The van der Waals surface area contributed by atoms with Crippen molar-refractivity contribution in [1.29, 1.82) is 0 Å². The molecule has 7 nitrogen and oxygen atoms in total. The molecule has 2 amide bonds. The normalized spacial score (nSPS) is 20.5. The van der Waals surface area contributed by atoms with Gasteiger partial charge in [-0.25, -0.2) is 12.7 Å². The highest BCUT2D eigenvalue weighted by atomic mass is 32.2. The molecule has 1 aromatic rings. The molecule has 1 aliphatic heterocycles. The van der Waals surface area contributed by atoms with Crippen LogP contribution >= 0.6 is 0 Å².